The first kappa shape index (κ1) is 11.6. The standard InChI is InChI=1S/C14H11ClN2S/c1-2-9-3-5-10(6-4-9)11-7-18-14-12(11)13(15)16-8-17-14/h3-8H,2H2,1H3. The van der Waals surface area contributed by atoms with Crippen LogP contribution in [-0.4, -0.2) is 9.97 Å². The topological polar surface area (TPSA) is 25.8 Å². The lowest BCUT2D eigenvalue weighted by Crippen LogP contribution is -1.83. The second-order valence-corrected chi connectivity index (χ2v) is 5.26. The van der Waals surface area contributed by atoms with Crippen molar-refractivity contribution in [3.8, 4) is 11.1 Å². The van der Waals surface area contributed by atoms with Crippen LogP contribution in [0.2, 0.25) is 5.15 Å². The molecular formula is C14H11ClN2S. The number of benzene rings is 1. The number of rotatable bonds is 2. The van der Waals surface area contributed by atoms with Crippen molar-refractivity contribution < 1.29 is 0 Å². The third kappa shape index (κ3) is 1.89. The fourth-order valence-electron chi connectivity index (χ4n) is 1.97. The Balaban J connectivity index is 2.18. The smallest absolute Gasteiger partial charge is 0.141 e. The van der Waals surface area contributed by atoms with Crippen LogP contribution in [0.25, 0.3) is 21.3 Å². The normalized spacial score (nSPS) is 11.0. The Bertz CT molecular complexity index is 689. The summed E-state index contributed by atoms with van der Waals surface area (Å²) >= 11 is 7.76. The van der Waals surface area contributed by atoms with Gasteiger partial charge in [0, 0.05) is 10.9 Å². The number of aromatic nitrogens is 2. The maximum atomic E-state index is 6.17. The van der Waals surface area contributed by atoms with Gasteiger partial charge in [-0.05, 0) is 17.5 Å². The maximum absolute atomic E-state index is 6.17. The molecule has 0 N–H and O–H groups in total. The summed E-state index contributed by atoms with van der Waals surface area (Å²) in [4.78, 5) is 9.24. The Morgan fingerprint density at radius 1 is 1.17 bits per heavy atom. The number of halogens is 1. The van der Waals surface area contributed by atoms with E-state index in [1.165, 1.54) is 11.9 Å². The molecule has 0 unspecified atom stereocenters. The van der Waals surface area contributed by atoms with Gasteiger partial charge in [-0.2, -0.15) is 0 Å². The minimum absolute atomic E-state index is 0.524. The lowest BCUT2D eigenvalue weighted by Gasteiger charge is -2.02. The van der Waals surface area contributed by atoms with Crippen LogP contribution < -0.4 is 0 Å². The molecule has 3 rings (SSSR count). The van der Waals surface area contributed by atoms with Gasteiger partial charge in [-0.25, -0.2) is 9.97 Å². The van der Waals surface area contributed by atoms with Crippen LogP contribution in [0.3, 0.4) is 0 Å². The molecule has 0 bridgehead atoms. The molecule has 2 nitrogen and oxygen atoms in total. The van der Waals surface area contributed by atoms with E-state index in [1.54, 1.807) is 11.3 Å². The Labute approximate surface area is 114 Å². The Morgan fingerprint density at radius 3 is 2.67 bits per heavy atom. The zero-order valence-electron chi connectivity index (χ0n) is 9.85. The largest absolute Gasteiger partial charge is 0.225 e. The zero-order chi connectivity index (χ0) is 12.5. The van der Waals surface area contributed by atoms with E-state index in [2.05, 4.69) is 46.5 Å². The van der Waals surface area contributed by atoms with Gasteiger partial charge in [0.25, 0.3) is 0 Å². The minimum atomic E-state index is 0.524. The molecule has 3 aromatic rings. The summed E-state index contributed by atoms with van der Waals surface area (Å²) < 4.78 is 0. The lowest BCUT2D eigenvalue weighted by atomic mass is 10.0. The number of aryl methyl sites for hydroxylation is 1. The number of thiophene rings is 1. The average molecular weight is 275 g/mol. The molecule has 0 saturated heterocycles. The molecule has 0 atom stereocenters. The van der Waals surface area contributed by atoms with Crippen molar-refractivity contribution in [1.82, 2.24) is 9.97 Å². The van der Waals surface area contributed by atoms with Crippen molar-refractivity contribution in [2.75, 3.05) is 0 Å². The first-order chi connectivity index (χ1) is 8.79. The van der Waals surface area contributed by atoms with Crippen molar-refractivity contribution in [2.24, 2.45) is 0 Å². The predicted octanol–water partition coefficient (Wildman–Crippen LogP) is 4.57. The Hall–Kier alpha value is -1.45. The van der Waals surface area contributed by atoms with Crippen LogP contribution in [0.5, 0.6) is 0 Å². The summed E-state index contributed by atoms with van der Waals surface area (Å²) in [6.45, 7) is 2.15. The van der Waals surface area contributed by atoms with Crippen LogP contribution in [0.4, 0.5) is 0 Å². The van der Waals surface area contributed by atoms with Gasteiger partial charge in [0.1, 0.15) is 16.3 Å². The van der Waals surface area contributed by atoms with Crippen LogP contribution in [0, 0.1) is 0 Å². The molecule has 0 amide bonds. The highest BCUT2D eigenvalue weighted by molar-refractivity contribution is 7.17. The molecule has 0 spiro atoms. The third-order valence-corrected chi connectivity index (χ3v) is 4.17. The molecule has 0 aliphatic rings. The molecule has 0 saturated carbocycles. The highest BCUT2D eigenvalue weighted by Gasteiger charge is 2.11. The van der Waals surface area contributed by atoms with E-state index in [-0.39, 0.29) is 0 Å². The fourth-order valence-corrected chi connectivity index (χ4v) is 3.18. The minimum Gasteiger partial charge on any atom is -0.225 e. The quantitative estimate of drug-likeness (QED) is 0.640. The van der Waals surface area contributed by atoms with Gasteiger partial charge in [-0.15, -0.1) is 11.3 Å². The Morgan fingerprint density at radius 2 is 1.94 bits per heavy atom. The van der Waals surface area contributed by atoms with Crippen LogP contribution in [-0.2, 0) is 6.42 Å². The average Bonchev–Trinajstić information content (AvgIpc) is 2.84. The zero-order valence-corrected chi connectivity index (χ0v) is 11.4. The van der Waals surface area contributed by atoms with E-state index in [9.17, 15) is 0 Å². The van der Waals surface area contributed by atoms with Gasteiger partial charge in [-0.3, -0.25) is 0 Å². The van der Waals surface area contributed by atoms with Gasteiger partial charge >= 0.3 is 0 Å². The number of nitrogens with zero attached hydrogens (tertiary/aromatic N) is 2. The van der Waals surface area contributed by atoms with Crippen molar-refractivity contribution in [3.63, 3.8) is 0 Å². The molecule has 0 fully saturated rings. The van der Waals surface area contributed by atoms with Crippen LogP contribution in [0.1, 0.15) is 12.5 Å². The van der Waals surface area contributed by atoms with Gasteiger partial charge in [0.2, 0.25) is 0 Å². The molecule has 0 aliphatic heterocycles. The van der Waals surface area contributed by atoms with E-state index in [1.807, 2.05) is 0 Å². The van der Waals surface area contributed by atoms with Crippen molar-refractivity contribution in [1.29, 1.82) is 0 Å². The van der Waals surface area contributed by atoms with E-state index < -0.39 is 0 Å². The SMILES string of the molecule is CCc1ccc(-c2csc3ncnc(Cl)c23)cc1. The molecule has 4 heteroatoms. The summed E-state index contributed by atoms with van der Waals surface area (Å²) in [5, 5.41) is 3.57. The van der Waals surface area contributed by atoms with Gasteiger partial charge in [-0.1, -0.05) is 42.8 Å². The maximum Gasteiger partial charge on any atom is 0.141 e. The molecule has 2 aromatic heterocycles. The van der Waals surface area contributed by atoms with Crippen LogP contribution >= 0.6 is 22.9 Å². The number of hydrogen-bond acceptors (Lipinski definition) is 3. The fraction of sp³-hybridized carbons (Fsp3) is 0.143. The van der Waals surface area contributed by atoms with Crippen molar-refractivity contribution in [2.45, 2.75) is 13.3 Å². The van der Waals surface area contributed by atoms with E-state index in [0.717, 1.165) is 27.8 Å². The summed E-state index contributed by atoms with van der Waals surface area (Å²) in [6.07, 6.45) is 2.56. The number of hydrogen-bond donors (Lipinski definition) is 0. The van der Waals surface area contributed by atoms with Gasteiger partial charge in [0.15, 0.2) is 0 Å². The van der Waals surface area contributed by atoms with Crippen molar-refractivity contribution in [3.05, 3.63) is 46.7 Å². The third-order valence-electron chi connectivity index (χ3n) is 3.00. The summed E-state index contributed by atoms with van der Waals surface area (Å²) in [5.41, 5.74) is 3.61. The second kappa shape index (κ2) is 4.67. The Kier molecular flexibility index (Phi) is 3.02. The highest BCUT2D eigenvalue weighted by Crippen LogP contribution is 2.36. The van der Waals surface area contributed by atoms with E-state index in [4.69, 9.17) is 11.6 Å². The molecule has 1 aromatic carbocycles. The number of fused-ring (bicyclic) bond motifs is 1. The van der Waals surface area contributed by atoms with E-state index in [0.29, 0.717) is 5.15 Å². The lowest BCUT2D eigenvalue weighted by molar-refractivity contribution is 1.14. The summed E-state index contributed by atoms with van der Waals surface area (Å²) in [6, 6.07) is 8.56. The monoisotopic (exact) mass is 274 g/mol. The molecule has 0 aliphatic carbocycles. The summed E-state index contributed by atoms with van der Waals surface area (Å²) in [7, 11) is 0. The predicted molar refractivity (Wildman–Crippen MR) is 77.2 cm³/mol. The molecule has 0 radical (unpaired) electrons. The molecule has 90 valence electrons. The first-order valence-electron chi connectivity index (χ1n) is 5.76. The van der Waals surface area contributed by atoms with Gasteiger partial charge < -0.3 is 0 Å². The molecule has 2 heterocycles. The van der Waals surface area contributed by atoms with Crippen LogP contribution in [0.15, 0.2) is 36.0 Å². The van der Waals surface area contributed by atoms with E-state index >= 15 is 0 Å². The van der Waals surface area contributed by atoms with Crippen molar-refractivity contribution >= 4 is 33.2 Å². The van der Waals surface area contributed by atoms with Gasteiger partial charge in [0.05, 0.1) is 5.39 Å². The second-order valence-electron chi connectivity index (χ2n) is 4.04. The highest BCUT2D eigenvalue weighted by atomic mass is 35.5. The molecular weight excluding hydrogens is 264 g/mol. The molecule has 18 heavy (non-hydrogen) atoms. The first-order valence-corrected chi connectivity index (χ1v) is 7.02. The summed E-state index contributed by atoms with van der Waals surface area (Å²) in [5.74, 6) is 0.